The predicted molar refractivity (Wildman–Crippen MR) is 83.6 cm³/mol. The van der Waals surface area contributed by atoms with E-state index < -0.39 is 0 Å². The number of aromatic amines is 1. The van der Waals surface area contributed by atoms with Gasteiger partial charge in [0.25, 0.3) is 5.56 Å². The molecule has 1 aromatic heterocycles. The van der Waals surface area contributed by atoms with E-state index >= 15 is 0 Å². The molecule has 19 heavy (non-hydrogen) atoms. The summed E-state index contributed by atoms with van der Waals surface area (Å²) >= 11 is 8.29. The lowest BCUT2D eigenvalue weighted by molar-refractivity contribution is 1.06. The van der Waals surface area contributed by atoms with Crippen molar-refractivity contribution in [3.05, 3.63) is 50.9 Å². The van der Waals surface area contributed by atoms with Crippen LogP contribution in [0.5, 0.6) is 0 Å². The molecule has 7 heteroatoms. The molecular weight excluding hydrogens is 328 g/mol. The molecule has 2 aromatic rings. The van der Waals surface area contributed by atoms with E-state index in [1.165, 1.54) is 0 Å². The van der Waals surface area contributed by atoms with Gasteiger partial charge in [0.05, 0.1) is 5.69 Å². The summed E-state index contributed by atoms with van der Waals surface area (Å²) in [5.74, 6) is 0.305. The highest BCUT2D eigenvalue weighted by Crippen LogP contribution is 2.09. The van der Waals surface area contributed by atoms with Crippen molar-refractivity contribution in [1.82, 2.24) is 9.97 Å². The van der Waals surface area contributed by atoms with Gasteiger partial charge in [-0.3, -0.25) is 9.78 Å². The first-order valence-electron chi connectivity index (χ1n) is 5.46. The van der Waals surface area contributed by atoms with Crippen molar-refractivity contribution in [2.75, 3.05) is 10.6 Å². The van der Waals surface area contributed by atoms with Crippen LogP contribution in [0.15, 0.2) is 39.6 Å². The molecule has 0 aliphatic carbocycles. The number of nitrogens with zero attached hydrogens (tertiary/aromatic N) is 1. The number of aryl methyl sites for hydroxylation is 1. The minimum atomic E-state index is -0.252. The van der Waals surface area contributed by atoms with E-state index in [0.717, 1.165) is 5.69 Å². The SMILES string of the molecule is Cc1nc(NC(=S)Nc2ccccc2)[nH]c(=O)c1Br. The topological polar surface area (TPSA) is 69.8 Å². The van der Waals surface area contributed by atoms with Crippen LogP contribution < -0.4 is 16.2 Å². The molecule has 0 radical (unpaired) electrons. The van der Waals surface area contributed by atoms with Crippen molar-refractivity contribution < 1.29 is 0 Å². The van der Waals surface area contributed by atoms with Crippen molar-refractivity contribution in [3.63, 3.8) is 0 Å². The van der Waals surface area contributed by atoms with E-state index in [1.807, 2.05) is 30.3 Å². The summed E-state index contributed by atoms with van der Waals surface area (Å²) in [7, 11) is 0. The Kier molecular flexibility index (Phi) is 4.28. The number of thiocarbonyl (C=S) groups is 1. The van der Waals surface area contributed by atoms with E-state index in [4.69, 9.17) is 12.2 Å². The van der Waals surface area contributed by atoms with Crippen molar-refractivity contribution in [2.45, 2.75) is 6.92 Å². The normalized spacial score (nSPS) is 10.0. The largest absolute Gasteiger partial charge is 0.332 e. The summed E-state index contributed by atoms with van der Waals surface area (Å²) in [5, 5.41) is 6.18. The molecule has 0 spiro atoms. The van der Waals surface area contributed by atoms with Crippen LogP contribution in [0.1, 0.15) is 5.69 Å². The maximum absolute atomic E-state index is 11.6. The summed E-state index contributed by atoms with van der Waals surface area (Å²) in [6.45, 7) is 1.73. The zero-order chi connectivity index (χ0) is 13.8. The fraction of sp³-hybridized carbons (Fsp3) is 0.0833. The van der Waals surface area contributed by atoms with Crippen molar-refractivity contribution in [3.8, 4) is 0 Å². The van der Waals surface area contributed by atoms with Gasteiger partial charge in [-0.1, -0.05) is 18.2 Å². The number of H-pyrrole nitrogens is 1. The standard InChI is InChI=1S/C12H11BrN4OS/c1-7-9(13)10(18)16-11(14-7)17-12(19)15-8-5-3-2-4-6-8/h2-6H,1H3,(H3,14,15,16,17,18,19). The Labute approximate surface area is 123 Å². The predicted octanol–water partition coefficient (Wildman–Crippen LogP) is 2.65. The van der Waals surface area contributed by atoms with Crippen molar-refractivity contribution >= 4 is 44.9 Å². The summed E-state index contributed by atoms with van der Waals surface area (Å²) in [5.41, 5.74) is 1.20. The second kappa shape index (κ2) is 5.94. The number of anilines is 2. The lowest BCUT2D eigenvalue weighted by atomic mass is 10.3. The molecular formula is C12H11BrN4OS. The van der Waals surface area contributed by atoms with Gasteiger partial charge in [-0.2, -0.15) is 0 Å². The molecule has 0 saturated heterocycles. The highest BCUT2D eigenvalue weighted by Gasteiger charge is 2.06. The van der Waals surface area contributed by atoms with Gasteiger partial charge in [0, 0.05) is 5.69 Å². The first-order valence-corrected chi connectivity index (χ1v) is 6.66. The van der Waals surface area contributed by atoms with Gasteiger partial charge in [0.1, 0.15) is 4.47 Å². The highest BCUT2D eigenvalue weighted by atomic mass is 79.9. The second-order valence-electron chi connectivity index (χ2n) is 3.76. The number of rotatable bonds is 2. The molecule has 98 valence electrons. The van der Waals surface area contributed by atoms with Crippen LogP contribution in [-0.4, -0.2) is 15.1 Å². The lowest BCUT2D eigenvalue weighted by Crippen LogP contribution is -2.23. The third-order valence-corrected chi connectivity index (χ3v) is 3.43. The highest BCUT2D eigenvalue weighted by molar-refractivity contribution is 9.10. The van der Waals surface area contributed by atoms with Crippen molar-refractivity contribution in [1.29, 1.82) is 0 Å². The van der Waals surface area contributed by atoms with Crippen molar-refractivity contribution in [2.24, 2.45) is 0 Å². The molecule has 0 atom stereocenters. The molecule has 0 bridgehead atoms. The molecule has 0 aliphatic heterocycles. The number of para-hydroxylation sites is 1. The van der Waals surface area contributed by atoms with Crippen LogP contribution in [-0.2, 0) is 0 Å². The monoisotopic (exact) mass is 338 g/mol. The molecule has 1 heterocycles. The molecule has 5 nitrogen and oxygen atoms in total. The summed E-state index contributed by atoms with van der Waals surface area (Å²) in [6, 6.07) is 9.48. The maximum Gasteiger partial charge on any atom is 0.266 e. The Hall–Kier alpha value is -1.73. The molecule has 0 aliphatic rings. The van der Waals surface area contributed by atoms with Crippen LogP contribution in [0.3, 0.4) is 0 Å². The van der Waals surface area contributed by atoms with Crippen LogP contribution >= 0.6 is 28.1 Å². The van der Waals surface area contributed by atoms with Gasteiger partial charge < -0.3 is 10.6 Å². The van der Waals surface area contributed by atoms with Gasteiger partial charge in [0.15, 0.2) is 5.11 Å². The molecule has 0 amide bonds. The Balaban J connectivity index is 2.09. The Bertz CT molecular complexity index is 657. The average Bonchev–Trinajstić information content (AvgIpc) is 2.37. The number of nitrogens with one attached hydrogen (secondary N) is 3. The third kappa shape index (κ3) is 3.62. The van der Waals surface area contributed by atoms with Crippen LogP contribution in [0, 0.1) is 6.92 Å². The fourth-order valence-electron chi connectivity index (χ4n) is 1.42. The van der Waals surface area contributed by atoms with E-state index in [-0.39, 0.29) is 5.56 Å². The van der Waals surface area contributed by atoms with Crippen LogP contribution in [0.4, 0.5) is 11.6 Å². The number of hydrogen-bond acceptors (Lipinski definition) is 3. The lowest BCUT2D eigenvalue weighted by Gasteiger charge is -2.10. The quantitative estimate of drug-likeness (QED) is 0.734. The van der Waals surface area contributed by atoms with E-state index in [9.17, 15) is 4.79 Å². The van der Waals surface area contributed by atoms with Crippen LogP contribution in [0.25, 0.3) is 0 Å². The third-order valence-electron chi connectivity index (χ3n) is 2.29. The Morgan fingerprint density at radius 2 is 2.00 bits per heavy atom. The fourth-order valence-corrected chi connectivity index (χ4v) is 1.82. The minimum absolute atomic E-state index is 0.252. The van der Waals surface area contributed by atoms with Crippen LogP contribution in [0.2, 0.25) is 0 Å². The summed E-state index contributed by atoms with van der Waals surface area (Å²) in [4.78, 5) is 18.3. The number of hydrogen-bond donors (Lipinski definition) is 3. The zero-order valence-electron chi connectivity index (χ0n) is 10.0. The maximum atomic E-state index is 11.6. The van der Waals surface area contributed by atoms with E-state index in [1.54, 1.807) is 6.92 Å². The van der Waals surface area contributed by atoms with E-state index in [2.05, 4.69) is 36.5 Å². The molecule has 2 rings (SSSR count). The molecule has 0 fully saturated rings. The zero-order valence-corrected chi connectivity index (χ0v) is 12.4. The molecule has 0 unspecified atom stereocenters. The van der Waals surface area contributed by atoms with E-state index in [0.29, 0.717) is 21.2 Å². The minimum Gasteiger partial charge on any atom is -0.332 e. The van der Waals surface area contributed by atoms with Gasteiger partial charge in [0.2, 0.25) is 5.95 Å². The molecule has 1 aromatic carbocycles. The summed E-state index contributed by atoms with van der Waals surface area (Å²) < 4.78 is 0.417. The van der Waals surface area contributed by atoms with Gasteiger partial charge in [-0.15, -0.1) is 0 Å². The van der Waals surface area contributed by atoms with Gasteiger partial charge in [-0.05, 0) is 47.2 Å². The molecule has 0 saturated carbocycles. The summed E-state index contributed by atoms with van der Waals surface area (Å²) in [6.07, 6.45) is 0. The first-order chi connectivity index (χ1) is 9.06. The molecule has 3 N–H and O–H groups in total. The number of benzene rings is 1. The smallest absolute Gasteiger partial charge is 0.266 e. The number of halogens is 1. The number of aromatic nitrogens is 2. The Morgan fingerprint density at radius 3 is 2.63 bits per heavy atom. The van der Waals surface area contributed by atoms with Gasteiger partial charge >= 0.3 is 0 Å². The van der Waals surface area contributed by atoms with Gasteiger partial charge in [-0.25, -0.2) is 4.98 Å². The first kappa shape index (κ1) is 13.7. The second-order valence-corrected chi connectivity index (χ2v) is 4.96. The average molecular weight is 339 g/mol. The Morgan fingerprint density at radius 1 is 1.32 bits per heavy atom.